The summed E-state index contributed by atoms with van der Waals surface area (Å²) in [5.74, 6) is -0.247. The summed E-state index contributed by atoms with van der Waals surface area (Å²) in [7, 11) is 0. The van der Waals surface area contributed by atoms with Gasteiger partial charge >= 0.3 is 0 Å². The first-order valence-electron chi connectivity index (χ1n) is 6.46. The summed E-state index contributed by atoms with van der Waals surface area (Å²) in [4.78, 5) is 22.9. The maximum Gasteiger partial charge on any atom is 0.238 e. The van der Waals surface area contributed by atoms with E-state index in [4.69, 9.17) is 0 Å². The molecular formula is C14H21N3O2. The zero-order valence-electron chi connectivity index (χ0n) is 11.5. The summed E-state index contributed by atoms with van der Waals surface area (Å²) in [5.41, 5.74) is 1.81. The minimum Gasteiger partial charge on any atom is -0.355 e. The second-order valence-electron chi connectivity index (χ2n) is 4.32. The summed E-state index contributed by atoms with van der Waals surface area (Å²) in [6.45, 7) is 4.86. The van der Waals surface area contributed by atoms with Crippen LogP contribution in [0.15, 0.2) is 24.3 Å². The van der Waals surface area contributed by atoms with Gasteiger partial charge in [-0.1, -0.05) is 25.1 Å². The molecule has 0 aliphatic carbocycles. The fourth-order valence-electron chi connectivity index (χ4n) is 1.52. The van der Waals surface area contributed by atoms with Crippen LogP contribution in [0.3, 0.4) is 0 Å². The van der Waals surface area contributed by atoms with E-state index in [1.165, 1.54) is 0 Å². The van der Waals surface area contributed by atoms with Crippen LogP contribution in [-0.4, -0.2) is 31.4 Å². The molecule has 0 spiro atoms. The van der Waals surface area contributed by atoms with Gasteiger partial charge in [-0.25, -0.2) is 0 Å². The molecule has 0 aromatic heterocycles. The van der Waals surface area contributed by atoms with E-state index in [9.17, 15) is 9.59 Å². The molecule has 1 aromatic rings. The van der Waals surface area contributed by atoms with E-state index >= 15 is 0 Å². The van der Waals surface area contributed by atoms with Gasteiger partial charge in [0.15, 0.2) is 0 Å². The molecule has 0 heterocycles. The molecule has 0 atom stereocenters. The third-order valence-electron chi connectivity index (χ3n) is 2.56. The number of amides is 2. The average Bonchev–Trinajstić information content (AvgIpc) is 2.39. The Morgan fingerprint density at radius 3 is 2.47 bits per heavy atom. The van der Waals surface area contributed by atoms with Crippen LogP contribution in [0.5, 0.6) is 0 Å². The quantitative estimate of drug-likeness (QED) is 0.688. The number of anilines is 1. The standard InChI is InChI=1S/C14H21N3O2/c1-3-8-16-13(18)9-15-10-14(19)17-12-7-5-4-6-11(12)2/h4-7,15H,3,8-10H2,1-2H3,(H,16,18)(H,17,19). The van der Waals surface area contributed by atoms with Crippen molar-refractivity contribution in [2.24, 2.45) is 0 Å². The SMILES string of the molecule is CCCNC(=O)CNCC(=O)Nc1ccccc1C. The third kappa shape index (κ3) is 6.01. The lowest BCUT2D eigenvalue weighted by Gasteiger charge is -2.09. The van der Waals surface area contributed by atoms with Gasteiger partial charge in [0.05, 0.1) is 13.1 Å². The first-order valence-corrected chi connectivity index (χ1v) is 6.46. The van der Waals surface area contributed by atoms with Crippen LogP contribution < -0.4 is 16.0 Å². The summed E-state index contributed by atoms with van der Waals surface area (Å²) in [5, 5.41) is 8.34. The number of carbonyl (C=O) groups excluding carboxylic acids is 2. The molecule has 3 N–H and O–H groups in total. The van der Waals surface area contributed by atoms with E-state index in [1.54, 1.807) is 0 Å². The predicted molar refractivity (Wildman–Crippen MR) is 76.0 cm³/mol. The average molecular weight is 263 g/mol. The molecule has 0 saturated carbocycles. The van der Waals surface area contributed by atoms with E-state index in [0.29, 0.717) is 6.54 Å². The maximum atomic E-state index is 11.7. The molecule has 1 rings (SSSR count). The van der Waals surface area contributed by atoms with Crippen molar-refractivity contribution in [3.8, 4) is 0 Å². The number of nitrogens with one attached hydrogen (secondary N) is 3. The van der Waals surface area contributed by atoms with Crippen LogP contribution in [0, 0.1) is 6.92 Å². The highest BCUT2D eigenvalue weighted by Crippen LogP contribution is 2.12. The Hall–Kier alpha value is -1.88. The van der Waals surface area contributed by atoms with Crippen LogP contribution in [0.4, 0.5) is 5.69 Å². The Morgan fingerprint density at radius 2 is 1.79 bits per heavy atom. The Labute approximate surface area is 113 Å². The lowest BCUT2D eigenvalue weighted by Crippen LogP contribution is -2.37. The van der Waals surface area contributed by atoms with Crippen molar-refractivity contribution in [3.63, 3.8) is 0 Å². The molecule has 0 saturated heterocycles. The normalized spacial score (nSPS) is 10.0. The molecule has 0 unspecified atom stereocenters. The predicted octanol–water partition coefficient (Wildman–Crippen LogP) is 1.05. The zero-order chi connectivity index (χ0) is 14.1. The monoisotopic (exact) mass is 263 g/mol. The van der Waals surface area contributed by atoms with Crippen molar-refractivity contribution in [2.75, 3.05) is 25.0 Å². The fraction of sp³-hybridized carbons (Fsp3) is 0.429. The Kier molecular flexibility index (Phi) is 6.60. The molecular weight excluding hydrogens is 242 g/mol. The van der Waals surface area contributed by atoms with Gasteiger partial charge in [0, 0.05) is 12.2 Å². The summed E-state index contributed by atoms with van der Waals surface area (Å²) in [6.07, 6.45) is 0.902. The summed E-state index contributed by atoms with van der Waals surface area (Å²) >= 11 is 0. The number of hydrogen-bond acceptors (Lipinski definition) is 3. The molecule has 0 aliphatic heterocycles. The molecule has 19 heavy (non-hydrogen) atoms. The van der Waals surface area contributed by atoms with E-state index in [1.807, 2.05) is 38.1 Å². The van der Waals surface area contributed by atoms with E-state index in [2.05, 4.69) is 16.0 Å². The van der Waals surface area contributed by atoms with Crippen molar-refractivity contribution in [1.29, 1.82) is 0 Å². The van der Waals surface area contributed by atoms with E-state index in [-0.39, 0.29) is 24.9 Å². The lowest BCUT2D eigenvalue weighted by molar-refractivity contribution is -0.120. The summed E-state index contributed by atoms with van der Waals surface area (Å²) < 4.78 is 0. The van der Waals surface area contributed by atoms with Crippen molar-refractivity contribution in [2.45, 2.75) is 20.3 Å². The van der Waals surface area contributed by atoms with Crippen LogP contribution in [0.2, 0.25) is 0 Å². The number of para-hydroxylation sites is 1. The van der Waals surface area contributed by atoms with Gasteiger partial charge in [-0.05, 0) is 25.0 Å². The minimum absolute atomic E-state index is 0.0921. The van der Waals surface area contributed by atoms with Gasteiger partial charge in [-0.3, -0.25) is 14.9 Å². The minimum atomic E-state index is -0.155. The van der Waals surface area contributed by atoms with Gasteiger partial charge < -0.3 is 10.6 Å². The highest BCUT2D eigenvalue weighted by Gasteiger charge is 2.05. The third-order valence-corrected chi connectivity index (χ3v) is 2.56. The second-order valence-corrected chi connectivity index (χ2v) is 4.32. The van der Waals surface area contributed by atoms with Crippen molar-refractivity contribution in [1.82, 2.24) is 10.6 Å². The molecule has 5 nitrogen and oxygen atoms in total. The lowest BCUT2D eigenvalue weighted by atomic mass is 10.2. The molecule has 2 amide bonds. The van der Waals surface area contributed by atoms with Crippen molar-refractivity contribution >= 4 is 17.5 Å². The maximum absolute atomic E-state index is 11.7. The number of hydrogen-bond donors (Lipinski definition) is 3. The second kappa shape index (κ2) is 8.26. The largest absolute Gasteiger partial charge is 0.355 e. The topological polar surface area (TPSA) is 70.2 Å². The van der Waals surface area contributed by atoms with Gasteiger partial charge in [-0.15, -0.1) is 0 Å². The van der Waals surface area contributed by atoms with Crippen molar-refractivity contribution in [3.05, 3.63) is 29.8 Å². The Morgan fingerprint density at radius 1 is 1.11 bits per heavy atom. The van der Waals surface area contributed by atoms with Crippen LogP contribution in [0.25, 0.3) is 0 Å². The number of benzene rings is 1. The van der Waals surface area contributed by atoms with Crippen LogP contribution in [-0.2, 0) is 9.59 Å². The molecule has 0 bridgehead atoms. The van der Waals surface area contributed by atoms with E-state index in [0.717, 1.165) is 17.7 Å². The molecule has 0 radical (unpaired) electrons. The van der Waals surface area contributed by atoms with Gasteiger partial charge in [0.1, 0.15) is 0 Å². The molecule has 0 fully saturated rings. The van der Waals surface area contributed by atoms with Gasteiger partial charge in [0.25, 0.3) is 0 Å². The van der Waals surface area contributed by atoms with E-state index < -0.39 is 0 Å². The van der Waals surface area contributed by atoms with Gasteiger partial charge in [-0.2, -0.15) is 0 Å². The Bertz CT molecular complexity index is 432. The summed E-state index contributed by atoms with van der Waals surface area (Å²) in [6, 6.07) is 7.57. The first-order chi connectivity index (χ1) is 9.13. The first kappa shape index (κ1) is 15.2. The highest BCUT2D eigenvalue weighted by atomic mass is 16.2. The van der Waals surface area contributed by atoms with Crippen LogP contribution in [0.1, 0.15) is 18.9 Å². The highest BCUT2D eigenvalue weighted by molar-refractivity contribution is 5.93. The van der Waals surface area contributed by atoms with Crippen molar-refractivity contribution < 1.29 is 9.59 Å². The van der Waals surface area contributed by atoms with Crippen LogP contribution >= 0.6 is 0 Å². The molecule has 0 aliphatic rings. The number of rotatable bonds is 7. The fourth-order valence-corrected chi connectivity index (χ4v) is 1.52. The molecule has 1 aromatic carbocycles. The molecule has 104 valence electrons. The number of carbonyl (C=O) groups is 2. The number of aryl methyl sites for hydroxylation is 1. The smallest absolute Gasteiger partial charge is 0.238 e. The molecule has 5 heteroatoms. The Balaban J connectivity index is 2.25. The van der Waals surface area contributed by atoms with Gasteiger partial charge in [0.2, 0.25) is 11.8 Å². The zero-order valence-corrected chi connectivity index (χ0v) is 11.5.